The topological polar surface area (TPSA) is 79.0 Å². The molecule has 2 rings (SSSR count). The highest BCUT2D eigenvalue weighted by molar-refractivity contribution is 5.38. The number of hydrogen-bond acceptors (Lipinski definition) is 4. The van der Waals surface area contributed by atoms with Crippen LogP contribution >= 0.6 is 0 Å². The third-order valence-corrected chi connectivity index (χ3v) is 2.95. The van der Waals surface area contributed by atoms with Gasteiger partial charge in [-0.25, -0.2) is 4.39 Å². The summed E-state index contributed by atoms with van der Waals surface area (Å²) in [5, 5.41) is 22.7. The molecule has 106 valence electrons. The Bertz CT molecular complexity index is 710. The van der Waals surface area contributed by atoms with Crippen LogP contribution in [0.2, 0.25) is 0 Å². The third-order valence-electron chi connectivity index (χ3n) is 2.95. The van der Waals surface area contributed by atoms with E-state index < -0.39 is 10.7 Å². The molecule has 0 aromatic heterocycles. The highest BCUT2D eigenvalue weighted by atomic mass is 19.1. The van der Waals surface area contributed by atoms with E-state index in [0.717, 1.165) is 5.56 Å². The quantitative estimate of drug-likeness (QED) is 0.676. The van der Waals surface area contributed by atoms with Crippen LogP contribution in [-0.4, -0.2) is 4.92 Å². The maximum absolute atomic E-state index is 13.2. The molecule has 0 atom stereocenters. The zero-order valence-corrected chi connectivity index (χ0v) is 11.0. The fourth-order valence-electron chi connectivity index (χ4n) is 1.94. The molecule has 0 saturated heterocycles. The largest absolute Gasteiger partial charge is 0.309 e. The summed E-state index contributed by atoms with van der Waals surface area (Å²) in [6, 6.07) is 12.2. The monoisotopic (exact) mass is 285 g/mol. The van der Waals surface area contributed by atoms with Gasteiger partial charge >= 0.3 is 0 Å². The molecule has 0 saturated carbocycles. The number of hydrogen-bond donors (Lipinski definition) is 1. The van der Waals surface area contributed by atoms with Gasteiger partial charge in [0, 0.05) is 25.2 Å². The molecule has 0 fully saturated rings. The molecule has 2 aromatic rings. The number of rotatable bonds is 5. The summed E-state index contributed by atoms with van der Waals surface area (Å²) in [6.45, 7) is 0.701. The molecule has 0 heterocycles. The molecule has 0 bridgehead atoms. The second-order valence-electron chi connectivity index (χ2n) is 4.44. The lowest BCUT2D eigenvalue weighted by molar-refractivity contribution is -0.384. The van der Waals surface area contributed by atoms with Gasteiger partial charge in [-0.05, 0) is 29.3 Å². The first-order valence-corrected chi connectivity index (χ1v) is 6.22. The summed E-state index contributed by atoms with van der Waals surface area (Å²) in [7, 11) is 0. The predicted molar refractivity (Wildman–Crippen MR) is 74.8 cm³/mol. The highest BCUT2D eigenvalue weighted by Gasteiger charge is 2.06. The van der Waals surface area contributed by atoms with Gasteiger partial charge in [0.05, 0.1) is 16.6 Å². The first-order chi connectivity index (χ1) is 10.1. The van der Waals surface area contributed by atoms with Gasteiger partial charge in [0.2, 0.25) is 0 Å². The molecule has 6 heteroatoms. The normalized spacial score (nSPS) is 10.1. The van der Waals surface area contributed by atoms with E-state index in [9.17, 15) is 14.5 Å². The van der Waals surface area contributed by atoms with Crippen molar-refractivity contribution >= 4 is 5.69 Å². The Hall–Kier alpha value is -2.78. The van der Waals surface area contributed by atoms with Crippen LogP contribution in [0.25, 0.3) is 0 Å². The van der Waals surface area contributed by atoms with Crippen molar-refractivity contribution in [3.05, 3.63) is 75.1 Å². The van der Waals surface area contributed by atoms with Crippen molar-refractivity contribution in [1.29, 1.82) is 5.26 Å². The number of nitrogens with zero attached hydrogens (tertiary/aromatic N) is 2. The van der Waals surface area contributed by atoms with Crippen LogP contribution in [0.1, 0.15) is 16.7 Å². The zero-order chi connectivity index (χ0) is 15.2. The molecule has 21 heavy (non-hydrogen) atoms. The fourth-order valence-corrected chi connectivity index (χ4v) is 1.94. The number of benzene rings is 2. The average molecular weight is 285 g/mol. The Morgan fingerprint density at radius 1 is 1.24 bits per heavy atom. The summed E-state index contributed by atoms with van der Waals surface area (Å²) in [5.41, 5.74) is 1.74. The average Bonchev–Trinajstić information content (AvgIpc) is 2.48. The standard InChI is InChI=1S/C15H12FN3O2/c16-14-5-4-12(8-17)13(7-14)10-18-9-11-2-1-3-15(6-11)19(20)21/h1-7,18H,9-10H2. The minimum atomic E-state index is -0.455. The molecule has 0 unspecified atom stereocenters. The fraction of sp³-hybridized carbons (Fsp3) is 0.133. The van der Waals surface area contributed by atoms with Crippen LogP contribution in [0, 0.1) is 27.3 Å². The maximum atomic E-state index is 13.2. The minimum Gasteiger partial charge on any atom is -0.309 e. The third kappa shape index (κ3) is 3.84. The van der Waals surface area contributed by atoms with E-state index in [0.29, 0.717) is 24.2 Å². The van der Waals surface area contributed by atoms with E-state index in [1.54, 1.807) is 12.1 Å². The van der Waals surface area contributed by atoms with Crippen molar-refractivity contribution in [2.75, 3.05) is 0 Å². The summed E-state index contributed by atoms with van der Waals surface area (Å²) in [4.78, 5) is 10.2. The van der Waals surface area contributed by atoms with Gasteiger partial charge in [-0.15, -0.1) is 0 Å². The Kier molecular flexibility index (Phi) is 4.59. The second-order valence-corrected chi connectivity index (χ2v) is 4.44. The molecular weight excluding hydrogens is 273 g/mol. The zero-order valence-electron chi connectivity index (χ0n) is 11.0. The van der Waals surface area contributed by atoms with Gasteiger partial charge in [0.15, 0.2) is 0 Å². The van der Waals surface area contributed by atoms with Crippen LogP contribution in [0.3, 0.4) is 0 Å². The molecule has 0 aliphatic rings. The number of nitriles is 1. The summed E-state index contributed by atoms with van der Waals surface area (Å²) in [5.74, 6) is -0.402. The van der Waals surface area contributed by atoms with Gasteiger partial charge in [-0.1, -0.05) is 12.1 Å². The molecule has 5 nitrogen and oxygen atoms in total. The predicted octanol–water partition coefficient (Wildman–Crippen LogP) is 2.90. The number of halogens is 1. The van der Waals surface area contributed by atoms with E-state index in [1.807, 2.05) is 6.07 Å². The SMILES string of the molecule is N#Cc1ccc(F)cc1CNCc1cccc([N+](=O)[O-])c1. The van der Waals surface area contributed by atoms with Crippen molar-refractivity contribution in [3.63, 3.8) is 0 Å². The smallest absolute Gasteiger partial charge is 0.269 e. The molecule has 1 N–H and O–H groups in total. The number of nitro benzene ring substituents is 1. The van der Waals surface area contributed by atoms with Gasteiger partial charge in [0.25, 0.3) is 5.69 Å². The molecule has 2 aromatic carbocycles. The lowest BCUT2D eigenvalue weighted by atomic mass is 10.1. The van der Waals surface area contributed by atoms with E-state index in [4.69, 9.17) is 5.26 Å². The number of non-ortho nitro benzene ring substituents is 1. The van der Waals surface area contributed by atoms with Crippen molar-refractivity contribution in [1.82, 2.24) is 5.32 Å². The molecule has 0 amide bonds. The second kappa shape index (κ2) is 6.59. The Morgan fingerprint density at radius 3 is 2.76 bits per heavy atom. The summed E-state index contributed by atoms with van der Waals surface area (Å²) < 4.78 is 13.2. The van der Waals surface area contributed by atoms with Crippen LogP contribution in [0.4, 0.5) is 10.1 Å². The summed E-state index contributed by atoms with van der Waals surface area (Å²) >= 11 is 0. The molecule has 0 aliphatic carbocycles. The lowest BCUT2D eigenvalue weighted by Gasteiger charge is -2.07. The Labute approximate surface area is 120 Å². The van der Waals surface area contributed by atoms with Crippen molar-refractivity contribution in [3.8, 4) is 6.07 Å². The van der Waals surface area contributed by atoms with Gasteiger partial charge < -0.3 is 5.32 Å². The first kappa shape index (κ1) is 14.6. The van der Waals surface area contributed by atoms with E-state index >= 15 is 0 Å². The van der Waals surface area contributed by atoms with E-state index in [1.165, 1.54) is 30.3 Å². The van der Waals surface area contributed by atoms with E-state index in [-0.39, 0.29) is 5.69 Å². The maximum Gasteiger partial charge on any atom is 0.269 e. The number of nitro groups is 1. The van der Waals surface area contributed by atoms with Gasteiger partial charge in [-0.3, -0.25) is 10.1 Å². The van der Waals surface area contributed by atoms with Crippen LogP contribution in [0.5, 0.6) is 0 Å². The minimum absolute atomic E-state index is 0.0257. The Morgan fingerprint density at radius 2 is 2.05 bits per heavy atom. The van der Waals surface area contributed by atoms with E-state index in [2.05, 4.69) is 5.32 Å². The van der Waals surface area contributed by atoms with Gasteiger partial charge in [0.1, 0.15) is 5.82 Å². The van der Waals surface area contributed by atoms with Crippen molar-refractivity contribution < 1.29 is 9.31 Å². The lowest BCUT2D eigenvalue weighted by Crippen LogP contribution is -2.14. The molecule has 0 radical (unpaired) electrons. The molecular formula is C15H12FN3O2. The van der Waals surface area contributed by atoms with Crippen molar-refractivity contribution in [2.24, 2.45) is 0 Å². The molecule has 0 aliphatic heterocycles. The number of nitrogens with one attached hydrogen (secondary N) is 1. The molecule has 0 spiro atoms. The van der Waals surface area contributed by atoms with Gasteiger partial charge in [-0.2, -0.15) is 5.26 Å². The summed E-state index contributed by atoms with van der Waals surface area (Å²) in [6.07, 6.45) is 0. The van der Waals surface area contributed by atoms with Crippen LogP contribution < -0.4 is 5.32 Å². The van der Waals surface area contributed by atoms with Crippen LogP contribution in [-0.2, 0) is 13.1 Å². The van der Waals surface area contributed by atoms with Crippen molar-refractivity contribution in [2.45, 2.75) is 13.1 Å². The highest BCUT2D eigenvalue weighted by Crippen LogP contribution is 2.14. The first-order valence-electron chi connectivity index (χ1n) is 6.22. The Balaban J connectivity index is 2.02. The van der Waals surface area contributed by atoms with Crippen LogP contribution in [0.15, 0.2) is 42.5 Å².